The van der Waals surface area contributed by atoms with E-state index >= 15 is 0 Å². The van der Waals surface area contributed by atoms with Crippen LogP contribution in [0.5, 0.6) is 5.75 Å². The minimum Gasteiger partial charge on any atom is -0.542 e. The first-order valence-electron chi connectivity index (χ1n) is 13.7. The molecule has 0 spiro atoms. The van der Waals surface area contributed by atoms with Gasteiger partial charge in [-0.3, -0.25) is 14.7 Å². The average molecular weight is 602 g/mol. The Morgan fingerprint density at radius 2 is 1.68 bits per heavy atom. The number of likely N-dealkylation sites (N-methyl/N-ethyl adjacent to an activating group) is 1. The lowest BCUT2D eigenvalue weighted by Crippen LogP contribution is -2.50. The minimum atomic E-state index is -2.33. The number of nitrogens with one attached hydrogen (secondary N) is 1. The van der Waals surface area contributed by atoms with Crippen molar-refractivity contribution in [2.45, 2.75) is 65.1 Å². The first kappa shape index (κ1) is 30.2. The summed E-state index contributed by atoms with van der Waals surface area (Å²) in [4.78, 5) is 34.6. The van der Waals surface area contributed by atoms with Gasteiger partial charge in [-0.15, -0.1) is 0 Å². The minimum absolute atomic E-state index is 0.0655. The van der Waals surface area contributed by atoms with Crippen LogP contribution >= 0.6 is 23.2 Å². The molecule has 1 saturated heterocycles. The number of urea groups is 1. The van der Waals surface area contributed by atoms with Gasteiger partial charge in [-0.2, -0.15) is 0 Å². The Kier molecular flexibility index (Phi) is 8.73. The SMILES string of the molecule is Cc1cnc2c(NC(=O)c3c(Cl)ccc(O[Si](C(C)C)(C(C)C)C(C)C)c3Cl)cccc2c1N1CCN(C)C1=O. The fraction of sp³-hybridized carbons (Fsp3) is 0.433. The molecule has 0 unspecified atom stereocenters. The van der Waals surface area contributed by atoms with E-state index in [1.807, 2.05) is 19.1 Å². The van der Waals surface area contributed by atoms with Gasteiger partial charge in [-0.1, -0.05) is 76.9 Å². The van der Waals surface area contributed by atoms with Crippen LogP contribution < -0.4 is 14.6 Å². The Balaban J connectivity index is 1.74. The van der Waals surface area contributed by atoms with E-state index in [0.29, 0.717) is 46.7 Å². The fourth-order valence-corrected chi connectivity index (χ4v) is 12.1. The molecule has 3 amide bonds. The van der Waals surface area contributed by atoms with Crippen LogP contribution in [0.2, 0.25) is 26.7 Å². The second-order valence-corrected chi connectivity index (χ2v) is 17.6. The summed E-state index contributed by atoms with van der Waals surface area (Å²) in [6.45, 7) is 16.3. The normalized spacial score (nSPS) is 14.3. The van der Waals surface area contributed by atoms with Crippen molar-refractivity contribution in [1.29, 1.82) is 0 Å². The zero-order valence-electron chi connectivity index (χ0n) is 24.4. The molecule has 7 nitrogen and oxygen atoms in total. The highest BCUT2D eigenvalue weighted by Gasteiger charge is 2.47. The molecular formula is C30H38Cl2N4O3Si. The number of aromatic nitrogens is 1. The number of pyridine rings is 1. The van der Waals surface area contributed by atoms with Crippen LogP contribution in [0.4, 0.5) is 16.2 Å². The summed E-state index contributed by atoms with van der Waals surface area (Å²) >= 11 is 13.4. The number of fused-ring (bicyclic) bond motifs is 1. The van der Waals surface area contributed by atoms with E-state index in [4.69, 9.17) is 27.6 Å². The molecular weight excluding hydrogens is 563 g/mol. The fourth-order valence-electron chi connectivity index (χ4n) is 6.17. The van der Waals surface area contributed by atoms with Crippen molar-refractivity contribution in [2.75, 3.05) is 30.4 Å². The second kappa shape index (κ2) is 11.6. The quantitative estimate of drug-likeness (QED) is 0.263. The number of para-hydroxylation sites is 1. The van der Waals surface area contributed by atoms with Crippen LogP contribution in [0, 0.1) is 6.92 Å². The molecule has 0 bridgehead atoms. The van der Waals surface area contributed by atoms with Gasteiger partial charge in [-0.05, 0) is 47.3 Å². The van der Waals surface area contributed by atoms with Crippen LogP contribution in [0.1, 0.15) is 57.5 Å². The van der Waals surface area contributed by atoms with Gasteiger partial charge in [0.2, 0.25) is 0 Å². The first-order chi connectivity index (χ1) is 18.8. The number of nitrogens with zero attached hydrogens (tertiary/aromatic N) is 3. The summed E-state index contributed by atoms with van der Waals surface area (Å²) in [7, 11) is -0.540. The van der Waals surface area contributed by atoms with E-state index in [-0.39, 0.29) is 21.6 Å². The van der Waals surface area contributed by atoms with E-state index < -0.39 is 14.2 Å². The number of carbonyl (C=O) groups excluding carboxylic acids is 2. The van der Waals surface area contributed by atoms with Crippen molar-refractivity contribution in [1.82, 2.24) is 9.88 Å². The summed E-state index contributed by atoms with van der Waals surface area (Å²) in [6.07, 6.45) is 1.72. The lowest BCUT2D eigenvalue weighted by Gasteiger charge is -2.42. The first-order valence-corrected chi connectivity index (χ1v) is 16.6. The molecule has 0 saturated carbocycles. The molecule has 0 radical (unpaired) electrons. The maximum Gasteiger partial charge on any atom is 0.324 e. The number of halogens is 2. The van der Waals surface area contributed by atoms with Crippen LogP contribution in [0.25, 0.3) is 10.9 Å². The lowest BCUT2D eigenvalue weighted by atomic mass is 10.1. The molecule has 214 valence electrons. The molecule has 2 heterocycles. The third kappa shape index (κ3) is 5.17. The summed E-state index contributed by atoms with van der Waals surface area (Å²) in [5, 5.41) is 4.17. The standard InChI is InChI=1S/C30H38Cl2N4O3Si/c1-17(2)40(18(3)4,19(5)6)39-24-13-12-22(31)25(26(24)32)29(37)34-23-11-9-10-21-27(23)33-16-20(7)28(21)36-15-14-35(8)30(36)38/h9-13,16-19H,14-15H2,1-8H3,(H,34,37). The number of carbonyl (C=O) groups is 2. The van der Waals surface area contributed by atoms with Crippen molar-refractivity contribution >= 4 is 65.7 Å². The molecule has 1 aliphatic heterocycles. The lowest BCUT2D eigenvalue weighted by molar-refractivity contribution is 0.102. The van der Waals surface area contributed by atoms with E-state index in [9.17, 15) is 9.59 Å². The van der Waals surface area contributed by atoms with Crippen molar-refractivity contribution in [2.24, 2.45) is 0 Å². The van der Waals surface area contributed by atoms with E-state index in [1.54, 1.807) is 41.2 Å². The van der Waals surface area contributed by atoms with Crippen molar-refractivity contribution < 1.29 is 14.0 Å². The van der Waals surface area contributed by atoms with Crippen LogP contribution in [0.15, 0.2) is 36.5 Å². The predicted molar refractivity (Wildman–Crippen MR) is 168 cm³/mol. The monoisotopic (exact) mass is 600 g/mol. The molecule has 1 aliphatic rings. The topological polar surface area (TPSA) is 74.8 Å². The zero-order valence-corrected chi connectivity index (χ0v) is 26.9. The number of benzene rings is 2. The predicted octanol–water partition coefficient (Wildman–Crippen LogP) is 8.53. The van der Waals surface area contributed by atoms with Crippen molar-refractivity contribution in [3.8, 4) is 5.75 Å². The van der Waals surface area contributed by atoms with Gasteiger partial charge in [0.25, 0.3) is 14.2 Å². The van der Waals surface area contributed by atoms with Gasteiger partial charge in [-0.25, -0.2) is 4.79 Å². The number of hydrogen-bond donors (Lipinski definition) is 1. The van der Waals surface area contributed by atoms with Crippen molar-refractivity contribution in [3.05, 3.63) is 57.7 Å². The van der Waals surface area contributed by atoms with Gasteiger partial charge in [0, 0.05) is 31.7 Å². The van der Waals surface area contributed by atoms with Crippen LogP contribution in [-0.2, 0) is 0 Å². The van der Waals surface area contributed by atoms with E-state index in [2.05, 4.69) is 51.8 Å². The molecule has 1 N–H and O–H groups in total. The smallest absolute Gasteiger partial charge is 0.324 e. The zero-order chi connectivity index (χ0) is 29.5. The van der Waals surface area contributed by atoms with Crippen molar-refractivity contribution in [3.63, 3.8) is 0 Å². The Hall–Kier alpha value is -2.81. The molecule has 4 rings (SSSR count). The summed E-state index contributed by atoms with van der Waals surface area (Å²) in [6, 6.07) is 8.88. The number of hydrogen-bond acceptors (Lipinski definition) is 4. The van der Waals surface area contributed by atoms with E-state index in [1.165, 1.54) is 0 Å². The largest absolute Gasteiger partial charge is 0.542 e. The number of amides is 3. The molecule has 0 aliphatic carbocycles. The maximum absolute atomic E-state index is 13.7. The Labute approximate surface area is 247 Å². The summed E-state index contributed by atoms with van der Waals surface area (Å²) in [5.74, 6) is 0.0179. The highest BCUT2D eigenvalue weighted by Crippen LogP contribution is 2.45. The molecule has 2 aromatic carbocycles. The molecule has 1 aromatic heterocycles. The highest BCUT2D eigenvalue weighted by molar-refractivity contribution is 6.78. The summed E-state index contributed by atoms with van der Waals surface area (Å²) in [5.41, 5.74) is 3.89. The number of rotatable bonds is 8. The summed E-state index contributed by atoms with van der Waals surface area (Å²) < 4.78 is 6.80. The highest BCUT2D eigenvalue weighted by atomic mass is 35.5. The molecule has 40 heavy (non-hydrogen) atoms. The van der Waals surface area contributed by atoms with Crippen LogP contribution in [-0.4, -0.2) is 50.3 Å². The van der Waals surface area contributed by atoms with Gasteiger partial charge in [0.1, 0.15) is 5.75 Å². The third-order valence-electron chi connectivity index (χ3n) is 8.06. The second-order valence-electron chi connectivity index (χ2n) is 11.5. The number of aryl methyl sites for hydroxylation is 1. The molecule has 3 aromatic rings. The van der Waals surface area contributed by atoms with Gasteiger partial charge < -0.3 is 14.6 Å². The Bertz CT molecular complexity index is 1440. The third-order valence-corrected chi connectivity index (χ3v) is 14.7. The average Bonchev–Trinajstić information content (AvgIpc) is 3.20. The Morgan fingerprint density at radius 1 is 1.02 bits per heavy atom. The molecule has 1 fully saturated rings. The van der Waals surface area contributed by atoms with Gasteiger partial charge >= 0.3 is 6.03 Å². The van der Waals surface area contributed by atoms with Gasteiger partial charge in [0.05, 0.1) is 32.5 Å². The maximum atomic E-state index is 13.7. The number of anilines is 2. The molecule has 0 atom stereocenters. The molecule has 10 heteroatoms. The Morgan fingerprint density at radius 3 is 2.25 bits per heavy atom. The van der Waals surface area contributed by atoms with Crippen LogP contribution in [0.3, 0.4) is 0 Å². The van der Waals surface area contributed by atoms with Gasteiger partial charge in [0.15, 0.2) is 0 Å². The van der Waals surface area contributed by atoms with E-state index in [0.717, 1.165) is 16.6 Å².